The third-order valence-corrected chi connectivity index (χ3v) is 4.82. The number of hydrogen-bond donors (Lipinski definition) is 2. The van der Waals surface area contributed by atoms with Crippen LogP contribution in [-0.4, -0.2) is 12.2 Å². The summed E-state index contributed by atoms with van der Waals surface area (Å²) >= 11 is 0. The lowest BCUT2D eigenvalue weighted by atomic mass is 9.62. The first-order valence-electron chi connectivity index (χ1n) is 6.74. The molecule has 0 amide bonds. The number of hydrogen-bond acceptors (Lipinski definition) is 2. The molecule has 2 N–H and O–H groups in total. The Morgan fingerprint density at radius 3 is 2.94 bits per heavy atom. The normalized spacial score (nSPS) is 36.1. The summed E-state index contributed by atoms with van der Waals surface area (Å²) in [7, 11) is 2.08. The second-order valence-corrected chi connectivity index (χ2v) is 5.50. The van der Waals surface area contributed by atoms with Gasteiger partial charge in [0.2, 0.25) is 0 Å². The van der Waals surface area contributed by atoms with Crippen LogP contribution in [0.15, 0.2) is 24.3 Å². The summed E-state index contributed by atoms with van der Waals surface area (Å²) in [5.41, 5.74) is 2.60. The molecule has 1 aromatic carbocycles. The van der Waals surface area contributed by atoms with Crippen molar-refractivity contribution in [2.24, 2.45) is 5.92 Å². The van der Waals surface area contributed by atoms with Gasteiger partial charge in [0.25, 0.3) is 0 Å². The Bertz CT molecular complexity index is 417. The third kappa shape index (κ3) is 1.54. The van der Waals surface area contributed by atoms with E-state index < -0.39 is 0 Å². The zero-order chi connectivity index (χ0) is 11.9. The SMILES string of the molecule is CN[C@]12CCCC[C@H]1C[C@H](O)c1ccccc12. The van der Waals surface area contributed by atoms with E-state index in [9.17, 15) is 5.11 Å². The van der Waals surface area contributed by atoms with Crippen LogP contribution in [0.25, 0.3) is 0 Å². The summed E-state index contributed by atoms with van der Waals surface area (Å²) in [6, 6.07) is 8.42. The molecule has 2 aliphatic carbocycles. The van der Waals surface area contributed by atoms with Crippen molar-refractivity contribution in [2.75, 3.05) is 7.05 Å². The summed E-state index contributed by atoms with van der Waals surface area (Å²) in [5.74, 6) is 0.589. The zero-order valence-electron chi connectivity index (χ0n) is 10.4. The summed E-state index contributed by atoms with van der Waals surface area (Å²) in [6.45, 7) is 0. The van der Waals surface area contributed by atoms with Gasteiger partial charge in [-0.2, -0.15) is 0 Å². The standard InChI is InChI=1S/C15H21NO/c1-16-15-9-5-4-6-11(15)10-14(17)12-7-2-3-8-13(12)15/h2-3,7-8,11,14,16-17H,4-6,9-10H2,1H3/t11-,14-,15+/m0/s1. The molecule has 17 heavy (non-hydrogen) atoms. The van der Waals surface area contributed by atoms with E-state index in [1.807, 2.05) is 6.07 Å². The maximum Gasteiger partial charge on any atom is 0.0796 e. The zero-order valence-corrected chi connectivity index (χ0v) is 10.4. The van der Waals surface area contributed by atoms with E-state index >= 15 is 0 Å². The van der Waals surface area contributed by atoms with E-state index in [-0.39, 0.29) is 11.6 Å². The molecule has 1 aromatic rings. The molecule has 3 atom stereocenters. The Kier molecular flexibility index (Phi) is 2.72. The highest BCUT2D eigenvalue weighted by Gasteiger charge is 2.46. The molecule has 2 heteroatoms. The van der Waals surface area contributed by atoms with Crippen molar-refractivity contribution < 1.29 is 5.11 Å². The molecule has 2 nitrogen and oxygen atoms in total. The van der Waals surface area contributed by atoms with Crippen LogP contribution in [-0.2, 0) is 5.54 Å². The Morgan fingerprint density at radius 1 is 1.29 bits per heavy atom. The van der Waals surface area contributed by atoms with Crippen molar-refractivity contribution in [1.29, 1.82) is 0 Å². The maximum atomic E-state index is 10.3. The molecule has 0 unspecified atom stereocenters. The van der Waals surface area contributed by atoms with E-state index in [2.05, 4.69) is 30.6 Å². The molecule has 0 bridgehead atoms. The van der Waals surface area contributed by atoms with E-state index in [1.165, 1.54) is 31.2 Å². The lowest BCUT2D eigenvalue weighted by Crippen LogP contribution is -2.51. The van der Waals surface area contributed by atoms with Crippen molar-refractivity contribution in [3.8, 4) is 0 Å². The van der Waals surface area contributed by atoms with Gasteiger partial charge in [0, 0.05) is 5.54 Å². The molecule has 1 saturated carbocycles. The summed E-state index contributed by atoms with van der Waals surface area (Å²) < 4.78 is 0. The van der Waals surface area contributed by atoms with Gasteiger partial charge in [0.15, 0.2) is 0 Å². The van der Waals surface area contributed by atoms with Crippen LogP contribution in [0, 0.1) is 5.92 Å². The van der Waals surface area contributed by atoms with Crippen molar-refractivity contribution in [2.45, 2.75) is 43.7 Å². The number of aliphatic hydroxyl groups is 1. The second kappa shape index (κ2) is 4.11. The Balaban J connectivity index is 2.14. The number of fused-ring (bicyclic) bond motifs is 3. The van der Waals surface area contributed by atoms with Gasteiger partial charge < -0.3 is 10.4 Å². The van der Waals surface area contributed by atoms with Gasteiger partial charge in [-0.05, 0) is 43.4 Å². The molecular weight excluding hydrogens is 210 g/mol. The van der Waals surface area contributed by atoms with Gasteiger partial charge >= 0.3 is 0 Å². The number of aliphatic hydroxyl groups excluding tert-OH is 1. The number of benzene rings is 1. The van der Waals surface area contributed by atoms with Gasteiger partial charge in [-0.25, -0.2) is 0 Å². The first kappa shape index (κ1) is 11.2. The molecule has 2 aliphatic rings. The summed E-state index contributed by atoms with van der Waals surface area (Å²) in [4.78, 5) is 0. The molecular formula is C15H21NO. The van der Waals surface area contributed by atoms with Crippen molar-refractivity contribution in [1.82, 2.24) is 5.32 Å². The van der Waals surface area contributed by atoms with Crippen LogP contribution in [0.4, 0.5) is 0 Å². The second-order valence-electron chi connectivity index (χ2n) is 5.50. The fraction of sp³-hybridized carbons (Fsp3) is 0.600. The highest BCUT2D eigenvalue weighted by Crippen LogP contribution is 2.50. The van der Waals surface area contributed by atoms with Crippen LogP contribution in [0.2, 0.25) is 0 Å². The fourth-order valence-corrected chi connectivity index (χ4v) is 3.97. The minimum absolute atomic E-state index is 0.119. The minimum Gasteiger partial charge on any atom is -0.388 e. The van der Waals surface area contributed by atoms with Crippen molar-refractivity contribution in [3.05, 3.63) is 35.4 Å². The molecule has 0 heterocycles. The average molecular weight is 231 g/mol. The highest BCUT2D eigenvalue weighted by atomic mass is 16.3. The van der Waals surface area contributed by atoms with E-state index in [1.54, 1.807) is 0 Å². The molecule has 0 saturated heterocycles. The first-order valence-corrected chi connectivity index (χ1v) is 6.74. The minimum atomic E-state index is -0.268. The average Bonchev–Trinajstić information content (AvgIpc) is 2.39. The van der Waals surface area contributed by atoms with Crippen LogP contribution in [0.3, 0.4) is 0 Å². The summed E-state index contributed by atoms with van der Waals surface area (Å²) in [6.07, 6.45) is 5.70. The quantitative estimate of drug-likeness (QED) is 0.779. The number of rotatable bonds is 1. The Morgan fingerprint density at radius 2 is 2.12 bits per heavy atom. The van der Waals surface area contributed by atoms with Crippen LogP contribution < -0.4 is 5.32 Å². The molecule has 3 rings (SSSR count). The lowest BCUT2D eigenvalue weighted by Gasteiger charge is -2.50. The number of nitrogens with one attached hydrogen (secondary N) is 1. The molecule has 92 valence electrons. The monoisotopic (exact) mass is 231 g/mol. The lowest BCUT2D eigenvalue weighted by molar-refractivity contribution is 0.0495. The van der Waals surface area contributed by atoms with E-state index in [4.69, 9.17) is 0 Å². The van der Waals surface area contributed by atoms with Gasteiger partial charge in [0.05, 0.1) is 6.10 Å². The van der Waals surface area contributed by atoms with Crippen molar-refractivity contribution >= 4 is 0 Å². The predicted molar refractivity (Wildman–Crippen MR) is 68.7 cm³/mol. The van der Waals surface area contributed by atoms with Gasteiger partial charge in [-0.3, -0.25) is 0 Å². The molecule has 0 radical (unpaired) electrons. The van der Waals surface area contributed by atoms with Crippen LogP contribution in [0.5, 0.6) is 0 Å². The first-order chi connectivity index (χ1) is 8.28. The van der Waals surface area contributed by atoms with Gasteiger partial charge in [-0.15, -0.1) is 0 Å². The molecule has 1 fully saturated rings. The Labute approximate surface area is 103 Å². The van der Waals surface area contributed by atoms with Crippen molar-refractivity contribution in [3.63, 3.8) is 0 Å². The highest BCUT2D eigenvalue weighted by molar-refractivity contribution is 5.39. The van der Waals surface area contributed by atoms with Gasteiger partial charge in [0.1, 0.15) is 0 Å². The largest absolute Gasteiger partial charge is 0.388 e. The van der Waals surface area contributed by atoms with E-state index in [0.29, 0.717) is 5.92 Å². The molecule has 0 spiro atoms. The maximum absolute atomic E-state index is 10.3. The third-order valence-electron chi connectivity index (χ3n) is 4.82. The Hall–Kier alpha value is -0.860. The molecule has 0 aliphatic heterocycles. The molecule has 0 aromatic heterocycles. The topological polar surface area (TPSA) is 32.3 Å². The van der Waals surface area contributed by atoms with E-state index in [0.717, 1.165) is 12.0 Å². The fourth-order valence-electron chi connectivity index (χ4n) is 3.97. The van der Waals surface area contributed by atoms with Crippen LogP contribution >= 0.6 is 0 Å². The van der Waals surface area contributed by atoms with Crippen LogP contribution in [0.1, 0.15) is 49.3 Å². The smallest absolute Gasteiger partial charge is 0.0796 e. The summed E-state index contributed by atoms with van der Waals surface area (Å²) in [5, 5.41) is 13.9. The van der Waals surface area contributed by atoms with Gasteiger partial charge in [-0.1, -0.05) is 37.1 Å². The predicted octanol–water partition coefficient (Wildman–Crippen LogP) is 2.73.